The lowest BCUT2D eigenvalue weighted by atomic mass is 10.1. The highest BCUT2D eigenvalue weighted by atomic mass is 15.4. The molecule has 6 heteroatoms. The number of hydrogen-bond acceptors (Lipinski definition) is 5. The Kier molecular flexibility index (Phi) is 4.52. The summed E-state index contributed by atoms with van der Waals surface area (Å²) >= 11 is 0. The van der Waals surface area contributed by atoms with E-state index < -0.39 is 0 Å². The first-order valence-corrected chi connectivity index (χ1v) is 7.75. The van der Waals surface area contributed by atoms with Crippen molar-refractivity contribution in [2.24, 2.45) is 0 Å². The lowest BCUT2D eigenvalue weighted by molar-refractivity contribution is 0.303. The molecular formula is C17H22N6. The maximum Gasteiger partial charge on any atom is 0.254 e. The van der Waals surface area contributed by atoms with Crippen LogP contribution in [0.3, 0.4) is 0 Å². The number of hydrogen-bond donors (Lipinski definition) is 1. The van der Waals surface area contributed by atoms with Crippen molar-refractivity contribution < 1.29 is 0 Å². The number of benzene rings is 1. The number of nitrogens with one attached hydrogen (secondary N) is 1. The maximum atomic E-state index is 4.37. The first-order chi connectivity index (χ1) is 11.1. The molecule has 2 heterocycles. The molecule has 0 saturated heterocycles. The van der Waals surface area contributed by atoms with Crippen molar-refractivity contribution in [2.75, 3.05) is 26.0 Å². The van der Waals surface area contributed by atoms with Gasteiger partial charge in [-0.3, -0.25) is 0 Å². The molecule has 23 heavy (non-hydrogen) atoms. The fourth-order valence-corrected chi connectivity index (χ4v) is 2.60. The Balaban J connectivity index is 1.74. The Hall–Kier alpha value is -2.47. The first-order valence-electron chi connectivity index (χ1n) is 7.75. The second-order valence-electron chi connectivity index (χ2n) is 5.94. The Morgan fingerprint density at radius 2 is 2.00 bits per heavy atom. The topological polar surface area (TPSA) is 58.4 Å². The van der Waals surface area contributed by atoms with E-state index in [2.05, 4.69) is 63.6 Å². The van der Waals surface area contributed by atoms with Gasteiger partial charge in [-0.25, -0.2) is 4.98 Å². The zero-order chi connectivity index (χ0) is 16.2. The van der Waals surface area contributed by atoms with E-state index in [9.17, 15) is 0 Å². The molecule has 0 saturated carbocycles. The summed E-state index contributed by atoms with van der Waals surface area (Å²) in [5, 5.41) is 7.73. The summed E-state index contributed by atoms with van der Waals surface area (Å²) < 4.78 is 1.74. The summed E-state index contributed by atoms with van der Waals surface area (Å²) in [7, 11) is 4.22. The molecule has 1 aromatic carbocycles. The summed E-state index contributed by atoms with van der Waals surface area (Å²) in [5.74, 6) is 1.54. The number of aryl methyl sites for hydroxylation is 1. The molecule has 1 N–H and O–H groups in total. The molecule has 0 fully saturated rings. The van der Waals surface area contributed by atoms with Gasteiger partial charge in [0.05, 0.1) is 0 Å². The van der Waals surface area contributed by atoms with Crippen molar-refractivity contribution in [1.29, 1.82) is 0 Å². The summed E-state index contributed by atoms with van der Waals surface area (Å²) in [4.78, 5) is 10.8. The Morgan fingerprint density at radius 3 is 2.74 bits per heavy atom. The summed E-state index contributed by atoms with van der Waals surface area (Å²) in [6, 6.07) is 12.9. The van der Waals surface area contributed by atoms with E-state index in [1.807, 2.05) is 19.1 Å². The number of likely N-dealkylation sites (N-methyl/N-ethyl adjacent to an activating group) is 1. The number of nitrogens with zero attached hydrogens (tertiary/aromatic N) is 5. The van der Waals surface area contributed by atoms with E-state index in [0.29, 0.717) is 11.8 Å². The smallest absolute Gasteiger partial charge is 0.254 e. The molecule has 2 aromatic heterocycles. The highest BCUT2D eigenvalue weighted by Gasteiger charge is 2.13. The molecule has 0 aliphatic rings. The van der Waals surface area contributed by atoms with Gasteiger partial charge < -0.3 is 10.2 Å². The standard InChI is InChI=1S/C17H22N6/c1-13-9-16(23-17(21-13)19-12-20-23)18-11-15(22(2)3)10-14-7-5-4-6-8-14/h4-9,12,15,18H,10-11H2,1-3H3. The van der Waals surface area contributed by atoms with Crippen LogP contribution in [0.25, 0.3) is 5.78 Å². The monoisotopic (exact) mass is 310 g/mol. The number of anilines is 1. The first kappa shape index (κ1) is 15.4. The Bertz CT molecular complexity index is 765. The lowest BCUT2D eigenvalue weighted by Gasteiger charge is -2.25. The molecule has 1 atom stereocenters. The number of fused-ring (bicyclic) bond motifs is 1. The average molecular weight is 310 g/mol. The molecule has 0 aliphatic carbocycles. The van der Waals surface area contributed by atoms with Gasteiger partial charge in [0.1, 0.15) is 12.1 Å². The fourth-order valence-electron chi connectivity index (χ4n) is 2.60. The van der Waals surface area contributed by atoms with Crippen molar-refractivity contribution in [2.45, 2.75) is 19.4 Å². The normalized spacial score (nSPS) is 12.7. The third-order valence-electron chi connectivity index (χ3n) is 3.94. The van der Waals surface area contributed by atoms with Gasteiger partial charge >= 0.3 is 0 Å². The molecule has 120 valence electrons. The van der Waals surface area contributed by atoms with Crippen LogP contribution in [0.2, 0.25) is 0 Å². The van der Waals surface area contributed by atoms with Crippen molar-refractivity contribution >= 4 is 11.6 Å². The van der Waals surface area contributed by atoms with E-state index in [1.54, 1.807) is 4.52 Å². The van der Waals surface area contributed by atoms with Crippen molar-refractivity contribution in [3.8, 4) is 0 Å². The minimum atomic E-state index is 0.379. The molecule has 0 aliphatic heterocycles. The molecule has 3 rings (SSSR count). The zero-order valence-electron chi connectivity index (χ0n) is 13.8. The molecule has 3 aromatic rings. The number of aromatic nitrogens is 4. The molecule has 1 unspecified atom stereocenters. The molecular weight excluding hydrogens is 288 g/mol. The molecule has 0 radical (unpaired) electrons. The van der Waals surface area contributed by atoms with Gasteiger partial charge in [0, 0.05) is 24.3 Å². The van der Waals surface area contributed by atoms with Crippen LogP contribution in [0.4, 0.5) is 5.82 Å². The van der Waals surface area contributed by atoms with Crippen LogP contribution in [0, 0.1) is 6.92 Å². The second-order valence-corrected chi connectivity index (χ2v) is 5.94. The van der Waals surface area contributed by atoms with Crippen LogP contribution in [0.1, 0.15) is 11.3 Å². The summed E-state index contributed by atoms with van der Waals surface area (Å²) in [6.45, 7) is 2.79. The van der Waals surface area contributed by atoms with Gasteiger partial charge in [-0.15, -0.1) is 0 Å². The quantitative estimate of drug-likeness (QED) is 0.755. The maximum absolute atomic E-state index is 4.37. The van der Waals surface area contributed by atoms with Gasteiger partial charge in [0.2, 0.25) is 0 Å². The van der Waals surface area contributed by atoms with Crippen molar-refractivity contribution in [3.05, 3.63) is 54.0 Å². The third kappa shape index (κ3) is 3.65. The van der Waals surface area contributed by atoms with Gasteiger partial charge in [-0.05, 0) is 33.0 Å². The van der Waals surface area contributed by atoms with Crippen LogP contribution in [0.5, 0.6) is 0 Å². The van der Waals surface area contributed by atoms with E-state index in [0.717, 1.165) is 24.5 Å². The lowest BCUT2D eigenvalue weighted by Crippen LogP contribution is -2.36. The van der Waals surface area contributed by atoms with Gasteiger partial charge in [0.15, 0.2) is 0 Å². The van der Waals surface area contributed by atoms with Crippen molar-refractivity contribution in [1.82, 2.24) is 24.5 Å². The summed E-state index contributed by atoms with van der Waals surface area (Å²) in [5.41, 5.74) is 2.27. The fraction of sp³-hybridized carbons (Fsp3) is 0.353. The average Bonchev–Trinajstić information content (AvgIpc) is 3.00. The van der Waals surface area contributed by atoms with E-state index in [1.165, 1.54) is 11.9 Å². The molecule has 6 nitrogen and oxygen atoms in total. The zero-order valence-corrected chi connectivity index (χ0v) is 13.8. The van der Waals surface area contributed by atoms with Crippen LogP contribution in [0.15, 0.2) is 42.7 Å². The third-order valence-corrected chi connectivity index (χ3v) is 3.94. The van der Waals surface area contributed by atoms with E-state index in [4.69, 9.17) is 0 Å². The van der Waals surface area contributed by atoms with E-state index in [-0.39, 0.29) is 0 Å². The molecule has 0 bridgehead atoms. The van der Waals surface area contributed by atoms with Gasteiger partial charge in [-0.2, -0.15) is 14.6 Å². The van der Waals surface area contributed by atoms with Crippen LogP contribution in [-0.2, 0) is 6.42 Å². The molecule has 0 amide bonds. The highest BCUT2D eigenvalue weighted by Crippen LogP contribution is 2.12. The minimum absolute atomic E-state index is 0.379. The van der Waals surface area contributed by atoms with Crippen LogP contribution < -0.4 is 5.32 Å². The van der Waals surface area contributed by atoms with Crippen molar-refractivity contribution in [3.63, 3.8) is 0 Å². The Morgan fingerprint density at radius 1 is 1.22 bits per heavy atom. The van der Waals surface area contributed by atoms with E-state index >= 15 is 0 Å². The predicted molar refractivity (Wildman–Crippen MR) is 91.6 cm³/mol. The SMILES string of the molecule is Cc1cc(NCC(Cc2ccccc2)N(C)C)n2ncnc2n1. The largest absolute Gasteiger partial charge is 0.368 e. The van der Waals surface area contributed by atoms with Gasteiger partial charge in [0.25, 0.3) is 5.78 Å². The predicted octanol–water partition coefficient (Wildman–Crippen LogP) is 2.02. The van der Waals surface area contributed by atoms with Gasteiger partial charge in [-0.1, -0.05) is 30.3 Å². The number of rotatable bonds is 6. The minimum Gasteiger partial charge on any atom is -0.368 e. The molecule has 0 spiro atoms. The second kappa shape index (κ2) is 6.75. The summed E-state index contributed by atoms with van der Waals surface area (Å²) in [6.07, 6.45) is 2.52. The van der Waals surface area contributed by atoms with Crippen LogP contribution >= 0.6 is 0 Å². The Labute approximate surface area is 136 Å². The highest BCUT2D eigenvalue weighted by molar-refractivity contribution is 5.44. The van der Waals surface area contributed by atoms with Crippen LogP contribution in [-0.4, -0.2) is 51.2 Å².